The highest BCUT2D eigenvalue weighted by Gasteiger charge is 2.45. The normalized spacial score (nSPS) is 32.0. The molecule has 0 amide bonds. The van der Waals surface area contributed by atoms with Gasteiger partial charge in [-0.2, -0.15) is 0 Å². The fraction of sp³-hybridized carbons (Fsp3) is 0.696. The van der Waals surface area contributed by atoms with Crippen LogP contribution < -0.4 is 0 Å². The fourth-order valence-corrected chi connectivity index (χ4v) is 4.81. The summed E-state index contributed by atoms with van der Waals surface area (Å²) in [5.41, 5.74) is 0.156. The molecule has 1 aliphatic heterocycles. The van der Waals surface area contributed by atoms with Crippen molar-refractivity contribution in [1.29, 1.82) is 0 Å². The summed E-state index contributed by atoms with van der Waals surface area (Å²) in [7, 11) is 0. The summed E-state index contributed by atoms with van der Waals surface area (Å²) < 4.78 is 11.9. The minimum atomic E-state index is -0.912. The van der Waals surface area contributed by atoms with E-state index in [1.165, 1.54) is 0 Å². The summed E-state index contributed by atoms with van der Waals surface area (Å²) in [6.45, 7) is 2.49. The molecular formula is C23H34O6. The fourth-order valence-electron chi connectivity index (χ4n) is 4.81. The first-order chi connectivity index (χ1) is 13.8. The van der Waals surface area contributed by atoms with Crippen molar-refractivity contribution in [2.75, 3.05) is 6.61 Å². The highest BCUT2D eigenvalue weighted by atomic mass is 16.7. The number of carbonyl (C=O) groups is 1. The predicted octanol–water partition coefficient (Wildman–Crippen LogP) is 3.14. The standard InChI is InChI=1S/C23H34O6/c1-23(27,15-16-7-3-2-4-8-16)11-10-17-18(13-21(25)26)19(24)14-20(17)29-22-9-5-6-12-28-22/h2-4,7-8,17-20,22,24,27H,5-6,9-15H2,1H3,(H,25,26). The van der Waals surface area contributed by atoms with E-state index in [0.717, 1.165) is 24.8 Å². The van der Waals surface area contributed by atoms with E-state index >= 15 is 0 Å². The molecule has 6 nitrogen and oxygen atoms in total. The molecule has 1 saturated carbocycles. The van der Waals surface area contributed by atoms with Crippen molar-refractivity contribution in [1.82, 2.24) is 0 Å². The van der Waals surface area contributed by atoms with Gasteiger partial charge in [0.1, 0.15) is 0 Å². The van der Waals surface area contributed by atoms with Crippen LogP contribution in [0.2, 0.25) is 0 Å². The summed E-state index contributed by atoms with van der Waals surface area (Å²) in [5, 5.41) is 30.8. The summed E-state index contributed by atoms with van der Waals surface area (Å²) in [6.07, 6.45) is 3.66. The molecule has 1 heterocycles. The number of carboxylic acids is 1. The molecule has 2 fully saturated rings. The Hall–Kier alpha value is -1.47. The number of benzene rings is 1. The second-order valence-corrected chi connectivity index (χ2v) is 8.90. The van der Waals surface area contributed by atoms with Crippen molar-refractivity contribution < 1.29 is 29.6 Å². The van der Waals surface area contributed by atoms with Crippen LogP contribution >= 0.6 is 0 Å². The molecule has 29 heavy (non-hydrogen) atoms. The van der Waals surface area contributed by atoms with Crippen LogP contribution in [0.5, 0.6) is 0 Å². The summed E-state index contributed by atoms with van der Waals surface area (Å²) in [6, 6.07) is 9.84. The third-order valence-corrected chi connectivity index (χ3v) is 6.31. The molecule has 0 aromatic heterocycles. The lowest BCUT2D eigenvalue weighted by atomic mass is 9.82. The number of ether oxygens (including phenoxy) is 2. The topological polar surface area (TPSA) is 96.2 Å². The van der Waals surface area contributed by atoms with Gasteiger partial charge in [-0.25, -0.2) is 0 Å². The number of aliphatic carboxylic acids is 1. The maximum absolute atomic E-state index is 11.4. The van der Waals surface area contributed by atoms with E-state index in [0.29, 0.717) is 32.3 Å². The van der Waals surface area contributed by atoms with E-state index in [2.05, 4.69) is 0 Å². The third kappa shape index (κ3) is 6.51. The number of hydrogen-bond donors (Lipinski definition) is 3. The van der Waals surface area contributed by atoms with Gasteiger partial charge < -0.3 is 24.8 Å². The van der Waals surface area contributed by atoms with Crippen LogP contribution in [-0.4, -0.2) is 52.0 Å². The molecule has 0 bridgehead atoms. The van der Waals surface area contributed by atoms with Crippen LogP contribution in [0.4, 0.5) is 0 Å². The Morgan fingerprint density at radius 3 is 2.66 bits per heavy atom. The van der Waals surface area contributed by atoms with Crippen LogP contribution in [0, 0.1) is 11.8 Å². The molecule has 3 rings (SSSR count). The van der Waals surface area contributed by atoms with Gasteiger partial charge >= 0.3 is 5.97 Å². The summed E-state index contributed by atoms with van der Waals surface area (Å²) in [5.74, 6) is -1.40. The zero-order chi connectivity index (χ0) is 20.9. The van der Waals surface area contributed by atoms with E-state index in [-0.39, 0.29) is 30.7 Å². The quantitative estimate of drug-likeness (QED) is 0.583. The second kappa shape index (κ2) is 10.0. The average Bonchev–Trinajstić information content (AvgIpc) is 2.95. The number of carboxylic acid groups (broad SMARTS) is 1. The number of aliphatic hydroxyl groups excluding tert-OH is 1. The van der Waals surface area contributed by atoms with Gasteiger partial charge in [0.2, 0.25) is 0 Å². The number of rotatable bonds is 9. The number of aliphatic hydroxyl groups is 2. The molecule has 6 atom stereocenters. The lowest BCUT2D eigenvalue weighted by Gasteiger charge is -2.32. The van der Waals surface area contributed by atoms with Gasteiger partial charge in [0.15, 0.2) is 6.29 Å². The maximum atomic E-state index is 11.4. The van der Waals surface area contributed by atoms with Crippen molar-refractivity contribution in [3.05, 3.63) is 35.9 Å². The lowest BCUT2D eigenvalue weighted by Crippen LogP contribution is -2.34. The Kier molecular flexibility index (Phi) is 7.68. The van der Waals surface area contributed by atoms with Crippen LogP contribution in [0.25, 0.3) is 0 Å². The van der Waals surface area contributed by atoms with Gasteiger partial charge in [-0.15, -0.1) is 0 Å². The minimum Gasteiger partial charge on any atom is -0.481 e. The smallest absolute Gasteiger partial charge is 0.303 e. The van der Waals surface area contributed by atoms with Crippen LogP contribution in [-0.2, 0) is 20.7 Å². The Morgan fingerprint density at radius 1 is 1.24 bits per heavy atom. The van der Waals surface area contributed by atoms with Crippen molar-refractivity contribution in [3.8, 4) is 0 Å². The molecule has 1 aromatic carbocycles. The molecule has 0 radical (unpaired) electrons. The second-order valence-electron chi connectivity index (χ2n) is 8.90. The van der Waals surface area contributed by atoms with Gasteiger partial charge in [-0.3, -0.25) is 4.79 Å². The van der Waals surface area contributed by atoms with Gasteiger partial charge in [0, 0.05) is 25.4 Å². The Balaban J connectivity index is 1.65. The Labute approximate surface area is 172 Å². The molecule has 0 spiro atoms. The molecule has 2 aliphatic rings. The molecule has 3 N–H and O–H groups in total. The molecule has 162 valence electrons. The first-order valence-electron chi connectivity index (χ1n) is 10.8. The van der Waals surface area contributed by atoms with Crippen molar-refractivity contribution >= 4 is 5.97 Å². The zero-order valence-electron chi connectivity index (χ0n) is 17.2. The van der Waals surface area contributed by atoms with Gasteiger partial charge in [-0.1, -0.05) is 30.3 Å². The highest BCUT2D eigenvalue weighted by molar-refractivity contribution is 5.67. The first kappa shape index (κ1) is 22.2. The zero-order valence-corrected chi connectivity index (χ0v) is 17.2. The van der Waals surface area contributed by atoms with Crippen molar-refractivity contribution in [3.63, 3.8) is 0 Å². The molecule has 1 aliphatic carbocycles. The predicted molar refractivity (Wildman–Crippen MR) is 108 cm³/mol. The Morgan fingerprint density at radius 2 is 2.00 bits per heavy atom. The van der Waals surface area contributed by atoms with E-state index in [1.807, 2.05) is 37.3 Å². The monoisotopic (exact) mass is 406 g/mol. The molecule has 1 aromatic rings. The Bertz CT molecular complexity index is 640. The van der Waals surface area contributed by atoms with Gasteiger partial charge in [0.25, 0.3) is 0 Å². The molecule has 1 saturated heterocycles. The average molecular weight is 407 g/mol. The number of hydrogen-bond acceptors (Lipinski definition) is 5. The first-order valence-corrected chi connectivity index (χ1v) is 10.8. The minimum absolute atomic E-state index is 0.0853. The SMILES string of the molecule is CC(O)(CCC1C(OC2CCCCO2)CC(O)C1CC(=O)O)Cc1ccccc1. The lowest BCUT2D eigenvalue weighted by molar-refractivity contribution is -0.197. The van der Waals surface area contributed by atoms with Crippen molar-refractivity contribution in [2.45, 2.75) is 82.4 Å². The third-order valence-electron chi connectivity index (χ3n) is 6.31. The van der Waals surface area contributed by atoms with E-state index in [9.17, 15) is 20.1 Å². The van der Waals surface area contributed by atoms with Crippen LogP contribution in [0.1, 0.15) is 57.4 Å². The highest BCUT2D eigenvalue weighted by Crippen LogP contribution is 2.41. The molecule has 6 heteroatoms. The van der Waals surface area contributed by atoms with E-state index < -0.39 is 17.7 Å². The largest absolute Gasteiger partial charge is 0.481 e. The van der Waals surface area contributed by atoms with E-state index in [1.54, 1.807) is 0 Å². The van der Waals surface area contributed by atoms with Gasteiger partial charge in [-0.05, 0) is 50.5 Å². The van der Waals surface area contributed by atoms with Crippen LogP contribution in [0.3, 0.4) is 0 Å². The van der Waals surface area contributed by atoms with Crippen LogP contribution in [0.15, 0.2) is 30.3 Å². The maximum Gasteiger partial charge on any atom is 0.303 e. The van der Waals surface area contributed by atoms with E-state index in [4.69, 9.17) is 9.47 Å². The molecule has 6 unspecified atom stereocenters. The van der Waals surface area contributed by atoms with Gasteiger partial charge in [0.05, 0.1) is 24.2 Å². The van der Waals surface area contributed by atoms with Crippen molar-refractivity contribution in [2.24, 2.45) is 11.8 Å². The molecular weight excluding hydrogens is 372 g/mol. The summed E-state index contributed by atoms with van der Waals surface area (Å²) in [4.78, 5) is 11.4. The summed E-state index contributed by atoms with van der Waals surface area (Å²) >= 11 is 0.